The number of aromatic nitrogens is 1. The molecule has 0 saturated carbocycles. The molecule has 3 rings (SSSR count). The van der Waals surface area contributed by atoms with Gasteiger partial charge in [-0.3, -0.25) is 0 Å². The van der Waals surface area contributed by atoms with E-state index in [1.54, 1.807) is 13.1 Å². The average Bonchev–Trinajstić information content (AvgIpc) is 3.18. The Morgan fingerprint density at radius 2 is 2.00 bits per heavy atom. The van der Waals surface area contributed by atoms with Gasteiger partial charge in [-0.05, 0) is 55.2 Å². The number of anilines is 1. The molecule has 5 nitrogen and oxygen atoms in total. The maximum atomic E-state index is 13.7. The number of nitrogens with one attached hydrogen (secondary N) is 2. The fourth-order valence-electron chi connectivity index (χ4n) is 3.07. The molecule has 0 aliphatic carbocycles. The number of amides is 2. The molecular formula is C19H21Cl2FN4O. The van der Waals surface area contributed by atoms with Crippen LogP contribution < -0.4 is 15.5 Å². The SMILES string of the molecule is CC(NC(=O)NCc1ccnc(N2CCCC2)c1)c1cc(F)c(Cl)cc1Cl. The zero-order chi connectivity index (χ0) is 19.4. The number of rotatable bonds is 5. The van der Waals surface area contributed by atoms with Crippen molar-refractivity contribution in [2.45, 2.75) is 32.4 Å². The number of hydrogen-bond acceptors (Lipinski definition) is 3. The van der Waals surface area contributed by atoms with Crippen molar-refractivity contribution in [2.75, 3.05) is 18.0 Å². The minimum Gasteiger partial charge on any atom is -0.357 e. The molecule has 2 N–H and O–H groups in total. The predicted octanol–water partition coefficient (Wildman–Crippen LogP) is 4.69. The summed E-state index contributed by atoms with van der Waals surface area (Å²) in [6.45, 7) is 4.12. The van der Waals surface area contributed by atoms with E-state index < -0.39 is 11.9 Å². The highest BCUT2D eigenvalue weighted by atomic mass is 35.5. The molecule has 0 spiro atoms. The average molecular weight is 411 g/mol. The monoisotopic (exact) mass is 410 g/mol. The Morgan fingerprint density at radius 1 is 1.26 bits per heavy atom. The highest BCUT2D eigenvalue weighted by Gasteiger charge is 2.16. The quantitative estimate of drug-likeness (QED) is 0.702. The first-order valence-corrected chi connectivity index (χ1v) is 9.58. The summed E-state index contributed by atoms with van der Waals surface area (Å²) in [5.41, 5.74) is 1.43. The summed E-state index contributed by atoms with van der Waals surface area (Å²) in [4.78, 5) is 18.8. The number of benzene rings is 1. The zero-order valence-electron chi connectivity index (χ0n) is 14.9. The molecule has 1 atom stereocenters. The summed E-state index contributed by atoms with van der Waals surface area (Å²) in [6, 6.07) is 5.59. The fourth-order valence-corrected chi connectivity index (χ4v) is 3.61. The van der Waals surface area contributed by atoms with Gasteiger partial charge in [0.15, 0.2) is 0 Å². The third kappa shape index (κ3) is 5.02. The van der Waals surface area contributed by atoms with Crippen LogP contribution in [0.4, 0.5) is 15.0 Å². The number of carbonyl (C=O) groups is 1. The summed E-state index contributed by atoms with van der Waals surface area (Å²) in [5.74, 6) is 0.361. The van der Waals surface area contributed by atoms with Crippen LogP contribution in [-0.4, -0.2) is 24.1 Å². The summed E-state index contributed by atoms with van der Waals surface area (Å²) in [5, 5.41) is 5.81. The maximum Gasteiger partial charge on any atom is 0.315 e. The first-order chi connectivity index (χ1) is 12.9. The van der Waals surface area contributed by atoms with Gasteiger partial charge in [0.1, 0.15) is 11.6 Å². The second-order valence-corrected chi connectivity index (χ2v) is 7.37. The Balaban J connectivity index is 1.57. The van der Waals surface area contributed by atoms with E-state index in [2.05, 4.69) is 20.5 Å². The summed E-state index contributed by atoms with van der Waals surface area (Å²) < 4.78 is 13.7. The number of urea groups is 1. The lowest BCUT2D eigenvalue weighted by Gasteiger charge is -2.18. The molecule has 2 amide bonds. The van der Waals surface area contributed by atoms with Crippen molar-refractivity contribution in [3.63, 3.8) is 0 Å². The lowest BCUT2D eigenvalue weighted by Crippen LogP contribution is -2.36. The topological polar surface area (TPSA) is 57.3 Å². The highest BCUT2D eigenvalue weighted by Crippen LogP contribution is 2.28. The van der Waals surface area contributed by atoms with E-state index in [0.717, 1.165) is 24.5 Å². The molecule has 1 fully saturated rings. The molecule has 1 aromatic heterocycles. The standard InChI is InChI=1S/C19H21Cl2FN4O/c1-12(14-9-17(22)16(21)10-15(14)20)25-19(27)24-11-13-4-5-23-18(8-13)26-6-2-3-7-26/h4-5,8-10,12H,2-3,6-7,11H2,1H3,(H2,24,25,27). The summed E-state index contributed by atoms with van der Waals surface area (Å²) in [7, 11) is 0. The number of hydrogen-bond donors (Lipinski definition) is 2. The molecule has 144 valence electrons. The molecule has 1 aromatic carbocycles. The van der Waals surface area contributed by atoms with Crippen molar-refractivity contribution in [1.29, 1.82) is 0 Å². The van der Waals surface area contributed by atoms with Crippen LogP contribution >= 0.6 is 23.2 Å². The molecule has 0 radical (unpaired) electrons. The molecule has 2 heterocycles. The Morgan fingerprint density at radius 3 is 2.74 bits per heavy atom. The van der Waals surface area contributed by atoms with Gasteiger partial charge in [-0.1, -0.05) is 23.2 Å². The van der Waals surface area contributed by atoms with E-state index in [1.165, 1.54) is 25.0 Å². The van der Waals surface area contributed by atoms with Gasteiger partial charge in [0.2, 0.25) is 0 Å². The second-order valence-electron chi connectivity index (χ2n) is 6.55. The molecule has 27 heavy (non-hydrogen) atoms. The second kappa shape index (κ2) is 8.76. The van der Waals surface area contributed by atoms with Crippen LogP contribution in [0.5, 0.6) is 0 Å². The third-order valence-electron chi connectivity index (χ3n) is 4.55. The Hall–Kier alpha value is -2.05. The first-order valence-electron chi connectivity index (χ1n) is 8.82. The van der Waals surface area contributed by atoms with E-state index in [4.69, 9.17) is 23.2 Å². The molecular weight excluding hydrogens is 390 g/mol. The van der Waals surface area contributed by atoms with Crippen LogP contribution in [0.3, 0.4) is 0 Å². The van der Waals surface area contributed by atoms with Crippen LogP contribution in [0.1, 0.15) is 36.9 Å². The van der Waals surface area contributed by atoms with Crippen LogP contribution in [-0.2, 0) is 6.54 Å². The Kier molecular flexibility index (Phi) is 6.39. The van der Waals surface area contributed by atoms with Crippen molar-refractivity contribution in [3.8, 4) is 0 Å². The van der Waals surface area contributed by atoms with Crippen LogP contribution in [0.15, 0.2) is 30.5 Å². The normalized spacial score (nSPS) is 14.9. The van der Waals surface area contributed by atoms with Gasteiger partial charge in [0, 0.05) is 30.9 Å². The Labute approximate surface area is 167 Å². The van der Waals surface area contributed by atoms with Crippen molar-refractivity contribution in [3.05, 3.63) is 57.5 Å². The van der Waals surface area contributed by atoms with Gasteiger partial charge in [-0.2, -0.15) is 0 Å². The smallest absolute Gasteiger partial charge is 0.315 e. The lowest BCUT2D eigenvalue weighted by molar-refractivity contribution is 0.237. The van der Waals surface area contributed by atoms with Crippen LogP contribution in [0.2, 0.25) is 10.0 Å². The molecule has 0 bridgehead atoms. The number of halogens is 3. The number of pyridine rings is 1. The van der Waals surface area contributed by atoms with E-state index in [0.29, 0.717) is 17.1 Å². The van der Waals surface area contributed by atoms with Gasteiger partial charge in [0.25, 0.3) is 0 Å². The van der Waals surface area contributed by atoms with Crippen molar-refractivity contribution >= 4 is 35.1 Å². The minimum atomic E-state index is -0.573. The van der Waals surface area contributed by atoms with E-state index >= 15 is 0 Å². The zero-order valence-corrected chi connectivity index (χ0v) is 16.4. The molecule has 2 aromatic rings. The van der Waals surface area contributed by atoms with E-state index in [9.17, 15) is 9.18 Å². The first kappa shape index (κ1) is 19.7. The third-order valence-corrected chi connectivity index (χ3v) is 5.16. The molecule has 1 aliphatic rings. The van der Waals surface area contributed by atoms with Gasteiger partial charge in [-0.15, -0.1) is 0 Å². The largest absolute Gasteiger partial charge is 0.357 e. The summed E-state index contributed by atoms with van der Waals surface area (Å²) >= 11 is 11.8. The molecule has 1 aliphatic heterocycles. The number of carbonyl (C=O) groups excluding carboxylic acids is 1. The lowest BCUT2D eigenvalue weighted by atomic mass is 10.1. The van der Waals surface area contributed by atoms with Crippen molar-refractivity contribution < 1.29 is 9.18 Å². The number of nitrogens with zero attached hydrogens (tertiary/aromatic N) is 2. The van der Waals surface area contributed by atoms with Crippen molar-refractivity contribution in [2.24, 2.45) is 0 Å². The predicted molar refractivity (Wildman–Crippen MR) is 106 cm³/mol. The van der Waals surface area contributed by atoms with E-state index in [-0.39, 0.29) is 11.1 Å². The van der Waals surface area contributed by atoms with Gasteiger partial charge >= 0.3 is 6.03 Å². The fraction of sp³-hybridized carbons (Fsp3) is 0.368. The van der Waals surface area contributed by atoms with Gasteiger partial charge in [0.05, 0.1) is 11.1 Å². The minimum absolute atomic E-state index is 0.0492. The molecule has 1 unspecified atom stereocenters. The van der Waals surface area contributed by atoms with Crippen LogP contribution in [0, 0.1) is 5.82 Å². The van der Waals surface area contributed by atoms with E-state index in [1.807, 2.05) is 12.1 Å². The highest BCUT2D eigenvalue weighted by molar-refractivity contribution is 6.35. The molecule has 8 heteroatoms. The van der Waals surface area contributed by atoms with Gasteiger partial charge in [-0.25, -0.2) is 14.2 Å². The Bertz CT molecular complexity index is 827. The summed E-state index contributed by atoms with van der Waals surface area (Å²) in [6.07, 6.45) is 4.11. The van der Waals surface area contributed by atoms with Gasteiger partial charge < -0.3 is 15.5 Å². The van der Waals surface area contributed by atoms with Crippen LogP contribution in [0.25, 0.3) is 0 Å². The molecule has 1 saturated heterocycles. The maximum absolute atomic E-state index is 13.7. The van der Waals surface area contributed by atoms with Crippen molar-refractivity contribution in [1.82, 2.24) is 15.6 Å².